The molecular formula is C13H14ClFN2. The second-order valence-electron chi connectivity index (χ2n) is 4.39. The third-order valence-electron chi connectivity index (χ3n) is 3.20. The van der Waals surface area contributed by atoms with Crippen molar-refractivity contribution in [2.45, 2.75) is 19.4 Å². The number of rotatable bonds is 2. The van der Waals surface area contributed by atoms with Crippen molar-refractivity contribution in [2.24, 2.45) is 5.92 Å². The summed E-state index contributed by atoms with van der Waals surface area (Å²) >= 11 is 5.91. The fraction of sp³-hybridized carbons (Fsp3) is 0.462. The summed E-state index contributed by atoms with van der Waals surface area (Å²) in [6.45, 7) is 2.42. The van der Waals surface area contributed by atoms with E-state index in [-0.39, 0.29) is 16.8 Å². The Kier molecular flexibility index (Phi) is 3.98. The summed E-state index contributed by atoms with van der Waals surface area (Å²) in [5.74, 6) is -0.190. The van der Waals surface area contributed by atoms with Crippen molar-refractivity contribution in [1.29, 1.82) is 5.26 Å². The SMILES string of the molecule is N#CC1CCN(Cc2cccc(F)c2Cl)CC1. The van der Waals surface area contributed by atoms with Crippen molar-refractivity contribution in [2.75, 3.05) is 13.1 Å². The van der Waals surface area contributed by atoms with E-state index in [4.69, 9.17) is 16.9 Å². The molecule has 4 heteroatoms. The van der Waals surface area contributed by atoms with Crippen LogP contribution >= 0.6 is 11.6 Å². The van der Waals surface area contributed by atoms with Crippen LogP contribution in [0.3, 0.4) is 0 Å². The first-order valence-corrected chi connectivity index (χ1v) is 6.13. The van der Waals surface area contributed by atoms with Crippen LogP contribution in [-0.2, 0) is 6.54 Å². The van der Waals surface area contributed by atoms with Crippen LogP contribution < -0.4 is 0 Å². The molecule has 90 valence electrons. The van der Waals surface area contributed by atoms with Gasteiger partial charge in [-0.3, -0.25) is 4.90 Å². The van der Waals surface area contributed by atoms with E-state index >= 15 is 0 Å². The number of benzene rings is 1. The van der Waals surface area contributed by atoms with Crippen molar-refractivity contribution in [3.63, 3.8) is 0 Å². The van der Waals surface area contributed by atoms with Gasteiger partial charge in [0.05, 0.1) is 11.1 Å². The Morgan fingerprint density at radius 3 is 2.76 bits per heavy atom. The second kappa shape index (κ2) is 5.48. The molecule has 0 aliphatic carbocycles. The number of piperidine rings is 1. The van der Waals surface area contributed by atoms with Gasteiger partial charge in [-0.15, -0.1) is 0 Å². The molecule has 1 fully saturated rings. The van der Waals surface area contributed by atoms with Gasteiger partial charge >= 0.3 is 0 Å². The molecule has 2 nitrogen and oxygen atoms in total. The Balaban J connectivity index is 1.98. The molecule has 1 aromatic rings. The molecule has 2 rings (SSSR count). The maximum absolute atomic E-state index is 13.3. The summed E-state index contributed by atoms with van der Waals surface area (Å²) in [5, 5.41) is 9.03. The summed E-state index contributed by atoms with van der Waals surface area (Å²) in [6, 6.07) is 7.19. The number of likely N-dealkylation sites (tertiary alicyclic amines) is 1. The minimum absolute atomic E-state index is 0.175. The van der Waals surface area contributed by atoms with E-state index in [0.29, 0.717) is 6.54 Å². The lowest BCUT2D eigenvalue weighted by molar-refractivity contribution is 0.198. The van der Waals surface area contributed by atoms with Crippen LogP contribution in [0.1, 0.15) is 18.4 Å². The molecule has 0 aromatic heterocycles. The molecule has 0 bridgehead atoms. The number of halogens is 2. The van der Waals surface area contributed by atoms with E-state index in [1.807, 2.05) is 6.07 Å². The first-order valence-electron chi connectivity index (χ1n) is 5.75. The van der Waals surface area contributed by atoms with Gasteiger partial charge in [0.25, 0.3) is 0 Å². The lowest BCUT2D eigenvalue weighted by atomic mass is 9.98. The Bertz CT molecular complexity index is 434. The topological polar surface area (TPSA) is 27.0 Å². The minimum atomic E-state index is -0.365. The van der Waals surface area contributed by atoms with Gasteiger partial charge < -0.3 is 0 Å². The fourth-order valence-corrected chi connectivity index (χ4v) is 2.32. The zero-order valence-electron chi connectivity index (χ0n) is 9.50. The maximum Gasteiger partial charge on any atom is 0.142 e. The number of nitrogens with zero attached hydrogens (tertiary/aromatic N) is 2. The van der Waals surface area contributed by atoms with E-state index in [1.54, 1.807) is 6.07 Å². The summed E-state index contributed by atoms with van der Waals surface area (Å²) in [5.41, 5.74) is 0.821. The van der Waals surface area contributed by atoms with Crippen molar-refractivity contribution in [3.8, 4) is 6.07 Å². The molecule has 1 aromatic carbocycles. The number of hydrogen-bond donors (Lipinski definition) is 0. The zero-order valence-corrected chi connectivity index (χ0v) is 10.3. The minimum Gasteiger partial charge on any atom is -0.299 e. The smallest absolute Gasteiger partial charge is 0.142 e. The molecule has 0 atom stereocenters. The standard InChI is InChI=1S/C13H14ClFN2/c14-13-11(2-1-3-12(13)15)9-17-6-4-10(8-16)5-7-17/h1-3,10H,4-7,9H2. The summed E-state index contributed by atoms with van der Waals surface area (Å²) in [7, 11) is 0. The second-order valence-corrected chi connectivity index (χ2v) is 4.77. The molecule has 1 heterocycles. The number of nitriles is 1. The van der Waals surface area contributed by atoms with E-state index in [2.05, 4.69) is 11.0 Å². The van der Waals surface area contributed by atoms with Crippen LogP contribution in [-0.4, -0.2) is 18.0 Å². The van der Waals surface area contributed by atoms with Crippen molar-refractivity contribution >= 4 is 11.6 Å². The average Bonchev–Trinajstić information content (AvgIpc) is 2.36. The predicted molar refractivity (Wildman–Crippen MR) is 65.0 cm³/mol. The molecule has 0 saturated carbocycles. The molecule has 1 aliphatic heterocycles. The Hall–Kier alpha value is -1.11. The Morgan fingerprint density at radius 2 is 2.12 bits per heavy atom. The maximum atomic E-state index is 13.3. The van der Waals surface area contributed by atoms with Gasteiger partial charge in [-0.25, -0.2) is 4.39 Å². The van der Waals surface area contributed by atoms with Crippen molar-refractivity contribution < 1.29 is 4.39 Å². The van der Waals surface area contributed by atoms with E-state index in [9.17, 15) is 4.39 Å². The van der Waals surface area contributed by atoms with Crippen LogP contribution in [0.2, 0.25) is 5.02 Å². The third kappa shape index (κ3) is 2.96. The summed E-state index contributed by atoms with van der Waals surface area (Å²) in [4.78, 5) is 2.22. The van der Waals surface area contributed by atoms with Gasteiger partial charge in [0.2, 0.25) is 0 Å². The van der Waals surface area contributed by atoms with Crippen LogP contribution in [0.5, 0.6) is 0 Å². The van der Waals surface area contributed by atoms with Gasteiger partial charge in [-0.05, 0) is 37.6 Å². The first kappa shape index (κ1) is 12.3. The molecule has 0 amide bonds. The summed E-state index contributed by atoms with van der Waals surface area (Å²) in [6.07, 6.45) is 1.78. The van der Waals surface area contributed by atoms with Gasteiger partial charge in [0.15, 0.2) is 0 Å². The van der Waals surface area contributed by atoms with Gasteiger partial charge in [-0.1, -0.05) is 23.7 Å². The lowest BCUT2D eigenvalue weighted by Crippen LogP contribution is -2.32. The Labute approximate surface area is 106 Å². The Morgan fingerprint density at radius 1 is 1.41 bits per heavy atom. The molecule has 1 aliphatic rings. The zero-order chi connectivity index (χ0) is 12.3. The molecule has 0 spiro atoms. The predicted octanol–water partition coefficient (Wildman–Crippen LogP) is 3.21. The average molecular weight is 253 g/mol. The van der Waals surface area contributed by atoms with Gasteiger partial charge in [0.1, 0.15) is 5.82 Å². The highest BCUT2D eigenvalue weighted by Gasteiger charge is 2.19. The highest BCUT2D eigenvalue weighted by molar-refractivity contribution is 6.31. The molecule has 0 unspecified atom stereocenters. The van der Waals surface area contributed by atoms with Crippen molar-refractivity contribution in [1.82, 2.24) is 4.90 Å². The van der Waals surface area contributed by atoms with Crippen LogP contribution in [0.25, 0.3) is 0 Å². The summed E-state index contributed by atoms with van der Waals surface area (Å²) < 4.78 is 13.3. The third-order valence-corrected chi connectivity index (χ3v) is 3.62. The van der Waals surface area contributed by atoms with Crippen LogP contribution in [0.15, 0.2) is 18.2 Å². The van der Waals surface area contributed by atoms with Crippen LogP contribution in [0.4, 0.5) is 4.39 Å². The molecule has 1 saturated heterocycles. The normalized spacial score (nSPS) is 17.9. The lowest BCUT2D eigenvalue weighted by Gasteiger charge is -2.29. The largest absolute Gasteiger partial charge is 0.299 e. The molecule has 17 heavy (non-hydrogen) atoms. The van der Waals surface area contributed by atoms with Crippen LogP contribution in [0, 0.1) is 23.1 Å². The van der Waals surface area contributed by atoms with Gasteiger partial charge in [0, 0.05) is 12.5 Å². The van der Waals surface area contributed by atoms with Gasteiger partial charge in [-0.2, -0.15) is 5.26 Å². The molecule has 0 N–H and O–H groups in total. The van der Waals surface area contributed by atoms with E-state index < -0.39 is 0 Å². The monoisotopic (exact) mass is 252 g/mol. The molecule has 0 radical (unpaired) electrons. The van der Waals surface area contributed by atoms with Crippen molar-refractivity contribution in [3.05, 3.63) is 34.6 Å². The van der Waals surface area contributed by atoms with E-state index in [0.717, 1.165) is 31.5 Å². The molecular weight excluding hydrogens is 239 g/mol. The highest BCUT2D eigenvalue weighted by Crippen LogP contribution is 2.23. The first-order chi connectivity index (χ1) is 8.20. The quantitative estimate of drug-likeness (QED) is 0.808. The fourth-order valence-electron chi connectivity index (χ4n) is 2.13. The highest BCUT2D eigenvalue weighted by atomic mass is 35.5. The number of hydrogen-bond acceptors (Lipinski definition) is 2. The van der Waals surface area contributed by atoms with E-state index in [1.165, 1.54) is 6.07 Å².